The fourth-order valence-electron chi connectivity index (χ4n) is 3.23. The van der Waals surface area contributed by atoms with E-state index in [0.29, 0.717) is 14.5 Å². The van der Waals surface area contributed by atoms with Gasteiger partial charge in [-0.1, -0.05) is 11.6 Å². The lowest BCUT2D eigenvalue weighted by Gasteiger charge is -2.23. The van der Waals surface area contributed by atoms with Gasteiger partial charge in [0.2, 0.25) is 0 Å². The molecule has 0 atom stereocenters. The van der Waals surface area contributed by atoms with E-state index in [0.717, 1.165) is 37.6 Å². The van der Waals surface area contributed by atoms with Crippen LogP contribution < -0.4 is 31.4 Å². The maximum Gasteiger partial charge on any atom is 0.416 e. The summed E-state index contributed by atoms with van der Waals surface area (Å²) in [6.07, 6.45) is -1.66. The number of amides is 1. The highest BCUT2D eigenvalue weighted by Crippen LogP contribution is 2.34. The van der Waals surface area contributed by atoms with Crippen molar-refractivity contribution in [1.82, 2.24) is 9.13 Å². The molecule has 3 aromatic rings. The first-order chi connectivity index (χ1) is 16.4. The second-order valence-corrected chi connectivity index (χ2v) is 7.60. The second kappa shape index (κ2) is 9.73. The van der Waals surface area contributed by atoms with Crippen LogP contribution in [-0.4, -0.2) is 32.3 Å². The maximum absolute atomic E-state index is 13.1. The molecule has 0 unspecified atom stereocenters. The van der Waals surface area contributed by atoms with E-state index in [2.05, 4.69) is 0 Å². The lowest BCUT2D eigenvalue weighted by molar-refractivity contribution is -0.132. The molecule has 1 aromatic heterocycles. The van der Waals surface area contributed by atoms with Crippen LogP contribution in [-0.2, 0) is 16.6 Å². The van der Waals surface area contributed by atoms with Crippen molar-refractivity contribution in [2.75, 3.05) is 10.6 Å². The molecule has 2 aromatic carbocycles. The molecular formula is C22H19ClN4O8. The molecule has 0 fully saturated rings. The van der Waals surface area contributed by atoms with Gasteiger partial charge in [0.25, 0.3) is 5.56 Å². The van der Waals surface area contributed by atoms with Crippen LogP contribution >= 0.6 is 11.6 Å². The van der Waals surface area contributed by atoms with Gasteiger partial charge in [0.1, 0.15) is 17.3 Å². The zero-order chi connectivity index (χ0) is 26.0. The second-order valence-electron chi connectivity index (χ2n) is 7.16. The van der Waals surface area contributed by atoms with E-state index < -0.39 is 40.8 Å². The number of hydrogen-bond acceptors (Lipinski definition) is 8. The summed E-state index contributed by atoms with van der Waals surface area (Å²) < 4.78 is 11.7. The molecule has 0 aliphatic carbocycles. The molecule has 3 rings (SSSR count). The van der Waals surface area contributed by atoms with Crippen molar-refractivity contribution < 1.29 is 29.0 Å². The number of nitrogens with two attached hydrogens (primary N) is 1. The topological polar surface area (TPSA) is 163 Å². The molecule has 0 radical (unpaired) electrons. The van der Waals surface area contributed by atoms with Crippen molar-refractivity contribution in [3.63, 3.8) is 0 Å². The van der Waals surface area contributed by atoms with Gasteiger partial charge in [-0.05, 0) is 24.3 Å². The predicted molar refractivity (Wildman–Crippen MR) is 126 cm³/mol. The molecular weight excluding hydrogens is 484 g/mol. The Kier molecular flexibility index (Phi) is 6.96. The Hall–Kier alpha value is -4.58. The minimum atomic E-state index is -1.66. The average Bonchev–Trinajstić information content (AvgIpc) is 2.75. The first kappa shape index (κ1) is 25.1. The summed E-state index contributed by atoms with van der Waals surface area (Å²) in [4.78, 5) is 61.7. The Balaban J connectivity index is 2.35. The predicted octanol–water partition coefficient (Wildman–Crippen LogP) is 2.44. The third kappa shape index (κ3) is 5.17. The molecule has 13 heteroatoms. The van der Waals surface area contributed by atoms with Crippen LogP contribution in [0.3, 0.4) is 0 Å². The summed E-state index contributed by atoms with van der Waals surface area (Å²) in [5, 5.41) is 10.4. The summed E-state index contributed by atoms with van der Waals surface area (Å²) in [6.45, 7) is 2.23. The lowest BCUT2D eigenvalue weighted by atomic mass is 10.2. The lowest BCUT2D eigenvalue weighted by Crippen LogP contribution is -2.43. The number of anilines is 3. The molecule has 3 N–H and O–H groups in total. The van der Waals surface area contributed by atoms with Crippen LogP contribution in [0.4, 0.5) is 22.0 Å². The van der Waals surface area contributed by atoms with Gasteiger partial charge in [-0.3, -0.25) is 19.0 Å². The van der Waals surface area contributed by atoms with Gasteiger partial charge in [0, 0.05) is 44.1 Å². The Morgan fingerprint density at radius 2 is 1.49 bits per heavy atom. The quantitative estimate of drug-likeness (QED) is 0.394. The summed E-state index contributed by atoms with van der Waals surface area (Å²) in [5.41, 5.74) is 3.69. The summed E-state index contributed by atoms with van der Waals surface area (Å²) in [5.74, 6) is -2.29. The standard InChI is InChI=1S/C22H19ClN4O8/c1-11(28)34-16-8-15(9-17(10-16)35-12(2)29)26(22(32)33)18-19(24)27(21(31)25(3)20(18)30)14-6-4-13(23)5-7-14/h4-10H,24H2,1-3H3,(H,32,33). The largest absolute Gasteiger partial charge is 0.464 e. The first-order valence-corrected chi connectivity index (χ1v) is 10.2. The number of benzene rings is 2. The highest BCUT2D eigenvalue weighted by Gasteiger charge is 2.28. The smallest absolute Gasteiger partial charge is 0.416 e. The molecule has 1 heterocycles. The van der Waals surface area contributed by atoms with Gasteiger partial charge in [-0.15, -0.1) is 0 Å². The van der Waals surface area contributed by atoms with E-state index in [9.17, 15) is 29.1 Å². The third-order valence-corrected chi connectivity index (χ3v) is 4.87. The fourth-order valence-corrected chi connectivity index (χ4v) is 3.36. The number of esters is 2. The number of ether oxygens (including phenoxy) is 2. The fraction of sp³-hybridized carbons (Fsp3) is 0.136. The van der Waals surface area contributed by atoms with E-state index in [4.69, 9.17) is 26.8 Å². The molecule has 0 aliphatic heterocycles. The van der Waals surface area contributed by atoms with Crippen LogP contribution in [0.1, 0.15) is 13.8 Å². The van der Waals surface area contributed by atoms with Crippen molar-refractivity contribution in [3.8, 4) is 17.2 Å². The molecule has 0 bridgehead atoms. The average molecular weight is 503 g/mol. The number of aromatic nitrogens is 2. The van der Waals surface area contributed by atoms with Crippen molar-refractivity contribution in [1.29, 1.82) is 0 Å². The van der Waals surface area contributed by atoms with E-state index >= 15 is 0 Å². The number of carboxylic acid groups (broad SMARTS) is 1. The summed E-state index contributed by atoms with van der Waals surface area (Å²) >= 11 is 5.91. The zero-order valence-corrected chi connectivity index (χ0v) is 19.4. The number of halogens is 1. The minimum absolute atomic E-state index is 0.168. The SMILES string of the molecule is CC(=O)Oc1cc(OC(C)=O)cc(N(C(=O)O)c2c(N)n(-c3ccc(Cl)cc3)c(=O)n(C)c2=O)c1. The van der Waals surface area contributed by atoms with E-state index in [1.165, 1.54) is 30.3 Å². The highest BCUT2D eigenvalue weighted by atomic mass is 35.5. The van der Waals surface area contributed by atoms with Crippen LogP contribution in [0.2, 0.25) is 5.02 Å². The van der Waals surface area contributed by atoms with E-state index in [1.54, 1.807) is 0 Å². The summed E-state index contributed by atoms with van der Waals surface area (Å²) in [6, 6.07) is 9.31. The molecule has 1 amide bonds. The highest BCUT2D eigenvalue weighted by molar-refractivity contribution is 6.30. The van der Waals surface area contributed by atoms with Crippen LogP contribution in [0.25, 0.3) is 5.69 Å². The molecule has 182 valence electrons. The molecule has 12 nitrogen and oxygen atoms in total. The molecule has 0 aliphatic rings. The van der Waals surface area contributed by atoms with Crippen molar-refractivity contribution in [2.45, 2.75) is 13.8 Å². The number of rotatable bonds is 5. The molecule has 0 spiro atoms. The van der Waals surface area contributed by atoms with E-state index in [1.807, 2.05) is 0 Å². The van der Waals surface area contributed by atoms with Crippen molar-refractivity contribution in [3.05, 3.63) is 68.3 Å². The van der Waals surface area contributed by atoms with Crippen LogP contribution in [0, 0.1) is 0 Å². The Morgan fingerprint density at radius 3 is 1.94 bits per heavy atom. The van der Waals surface area contributed by atoms with E-state index in [-0.39, 0.29) is 22.9 Å². The maximum atomic E-state index is 13.1. The van der Waals surface area contributed by atoms with Gasteiger partial charge >= 0.3 is 23.7 Å². The number of nitrogen functional groups attached to an aromatic ring is 1. The van der Waals surface area contributed by atoms with Gasteiger partial charge in [-0.25, -0.2) is 19.1 Å². The minimum Gasteiger partial charge on any atom is -0.464 e. The van der Waals surface area contributed by atoms with Gasteiger partial charge < -0.3 is 20.3 Å². The number of hydrogen-bond donors (Lipinski definition) is 2. The van der Waals surface area contributed by atoms with Gasteiger partial charge in [0.05, 0.1) is 11.4 Å². The van der Waals surface area contributed by atoms with Gasteiger partial charge in [-0.2, -0.15) is 0 Å². The Labute approximate surface area is 202 Å². The first-order valence-electron chi connectivity index (χ1n) is 9.83. The van der Waals surface area contributed by atoms with Crippen molar-refractivity contribution in [2.24, 2.45) is 7.05 Å². The normalized spacial score (nSPS) is 10.5. The Bertz CT molecular complexity index is 1430. The third-order valence-electron chi connectivity index (χ3n) is 4.61. The zero-order valence-electron chi connectivity index (χ0n) is 18.6. The molecule has 0 saturated heterocycles. The molecule has 0 saturated carbocycles. The van der Waals surface area contributed by atoms with Crippen LogP contribution in [0.5, 0.6) is 11.5 Å². The van der Waals surface area contributed by atoms with Gasteiger partial charge in [0.15, 0.2) is 5.69 Å². The van der Waals surface area contributed by atoms with Crippen molar-refractivity contribution >= 4 is 46.8 Å². The summed E-state index contributed by atoms with van der Waals surface area (Å²) in [7, 11) is 1.15. The van der Waals surface area contributed by atoms with Crippen LogP contribution in [0.15, 0.2) is 52.1 Å². The number of nitrogens with zero attached hydrogens (tertiary/aromatic N) is 3. The monoisotopic (exact) mass is 502 g/mol. The Morgan fingerprint density at radius 1 is 0.971 bits per heavy atom. The number of carbonyl (C=O) groups is 3. The number of carbonyl (C=O) groups excluding carboxylic acids is 2. The molecule has 35 heavy (non-hydrogen) atoms.